The molecule has 5 aromatic carbocycles. The molecule has 4 heterocycles. The van der Waals surface area contributed by atoms with Crippen LogP contribution in [0.25, 0.3) is 89.5 Å². The minimum atomic E-state index is 0.586. The van der Waals surface area contributed by atoms with E-state index in [1.807, 2.05) is 60.7 Å². The van der Waals surface area contributed by atoms with Crippen LogP contribution in [0.15, 0.2) is 164 Å². The van der Waals surface area contributed by atoms with Crippen molar-refractivity contribution >= 4 is 21.8 Å². The van der Waals surface area contributed by atoms with Gasteiger partial charge in [0.2, 0.25) is 0 Å². The smallest absolute Gasteiger partial charge is 0.165 e. The predicted molar refractivity (Wildman–Crippen MR) is 206 cm³/mol. The fourth-order valence-corrected chi connectivity index (χ4v) is 6.53. The lowest BCUT2D eigenvalue weighted by molar-refractivity contribution is 1.07. The maximum absolute atomic E-state index is 5.11. The standard InChI is InChI=1S/C45H30N6/c1-29-26-39(38-23-21-32-22-24-40(31-10-4-2-5-11-31)48-41(32)42(38)47-29)36-15-8-14-35(27-36)30-17-19-34(20-18-30)44-49-43(33-12-6-3-7-13-33)50-45(51-44)37-16-9-25-46-28-37/h2-28H,1H3. The van der Waals surface area contributed by atoms with Crippen LogP contribution in [0.2, 0.25) is 0 Å². The van der Waals surface area contributed by atoms with Crippen molar-refractivity contribution in [3.8, 4) is 67.7 Å². The second-order valence-electron chi connectivity index (χ2n) is 12.5. The van der Waals surface area contributed by atoms with Gasteiger partial charge in [-0.1, -0.05) is 121 Å². The van der Waals surface area contributed by atoms with E-state index in [9.17, 15) is 0 Å². The summed E-state index contributed by atoms with van der Waals surface area (Å²) >= 11 is 0. The van der Waals surface area contributed by atoms with Crippen molar-refractivity contribution in [1.82, 2.24) is 29.9 Å². The lowest BCUT2D eigenvalue weighted by atomic mass is 9.95. The van der Waals surface area contributed by atoms with Crippen molar-refractivity contribution in [2.45, 2.75) is 6.92 Å². The number of hydrogen-bond donors (Lipinski definition) is 0. The highest BCUT2D eigenvalue weighted by atomic mass is 15.0. The molecule has 0 amide bonds. The number of aromatic nitrogens is 6. The van der Waals surface area contributed by atoms with Crippen molar-refractivity contribution in [2.75, 3.05) is 0 Å². The van der Waals surface area contributed by atoms with Crippen molar-refractivity contribution in [3.05, 3.63) is 170 Å². The molecule has 9 aromatic rings. The molecule has 0 unspecified atom stereocenters. The van der Waals surface area contributed by atoms with E-state index in [2.05, 4.69) is 103 Å². The van der Waals surface area contributed by atoms with Gasteiger partial charge in [0.25, 0.3) is 0 Å². The first-order valence-electron chi connectivity index (χ1n) is 16.9. The van der Waals surface area contributed by atoms with Crippen LogP contribution in [0.1, 0.15) is 5.69 Å². The van der Waals surface area contributed by atoms with Crippen molar-refractivity contribution in [2.24, 2.45) is 0 Å². The minimum Gasteiger partial charge on any atom is -0.264 e. The summed E-state index contributed by atoms with van der Waals surface area (Å²) in [7, 11) is 0. The van der Waals surface area contributed by atoms with Gasteiger partial charge in [0.15, 0.2) is 17.5 Å². The highest BCUT2D eigenvalue weighted by Gasteiger charge is 2.15. The maximum Gasteiger partial charge on any atom is 0.165 e. The average molecular weight is 655 g/mol. The van der Waals surface area contributed by atoms with Gasteiger partial charge in [0, 0.05) is 51.1 Å². The zero-order valence-corrected chi connectivity index (χ0v) is 27.8. The van der Waals surface area contributed by atoms with Gasteiger partial charge in [0.05, 0.1) is 16.7 Å². The molecule has 6 heteroatoms. The molecule has 0 aliphatic carbocycles. The van der Waals surface area contributed by atoms with Crippen LogP contribution in [0.5, 0.6) is 0 Å². The molecule has 240 valence electrons. The second-order valence-corrected chi connectivity index (χ2v) is 12.5. The van der Waals surface area contributed by atoms with Crippen molar-refractivity contribution in [1.29, 1.82) is 0 Å². The summed E-state index contributed by atoms with van der Waals surface area (Å²) in [6.45, 7) is 2.05. The Labute approximate surface area is 295 Å². The number of rotatable bonds is 6. The maximum atomic E-state index is 5.11. The van der Waals surface area contributed by atoms with Crippen LogP contribution in [0, 0.1) is 6.92 Å². The Hall–Kier alpha value is -6.92. The zero-order chi connectivity index (χ0) is 34.1. The summed E-state index contributed by atoms with van der Waals surface area (Å²) in [6.07, 6.45) is 3.52. The molecular formula is C45H30N6. The van der Waals surface area contributed by atoms with Crippen molar-refractivity contribution in [3.63, 3.8) is 0 Å². The summed E-state index contributed by atoms with van der Waals surface area (Å²) in [5, 5.41) is 2.15. The highest BCUT2D eigenvalue weighted by molar-refractivity contribution is 6.09. The van der Waals surface area contributed by atoms with Gasteiger partial charge < -0.3 is 0 Å². The first-order chi connectivity index (χ1) is 25.2. The molecule has 51 heavy (non-hydrogen) atoms. The Morgan fingerprint density at radius 1 is 0.392 bits per heavy atom. The Bertz CT molecular complexity index is 2620. The van der Waals surface area contributed by atoms with E-state index in [-0.39, 0.29) is 0 Å². The van der Waals surface area contributed by atoms with Crippen LogP contribution in [-0.4, -0.2) is 29.9 Å². The average Bonchev–Trinajstić information content (AvgIpc) is 3.21. The molecule has 0 aliphatic rings. The highest BCUT2D eigenvalue weighted by Crippen LogP contribution is 2.35. The van der Waals surface area contributed by atoms with E-state index in [0.717, 1.165) is 77.7 Å². The van der Waals surface area contributed by atoms with E-state index < -0.39 is 0 Å². The lowest BCUT2D eigenvalue weighted by Gasteiger charge is -2.13. The van der Waals surface area contributed by atoms with Gasteiger partial charge in [0.1, 0.15) is 0 Å². The van der Waals surface area contributed by atoms with E-state index in [4.69, 9.17) is 24.9 Å². The molecule has 0 fully saturated rings. The molecule has 0 aliphatic heterocycles. The first kappa shape index (κ1) is 30.2. The van der Waals surface area contributed by atoms with Gasteiger partial charge in [-0.3, -0.25) is 9.97 Å². The van der Waals surface area contributed by atoms with Crippen LogP contribution >= 0.6 is 0 Å². The Morgan fingerprint density at radius 2 is 1.00 bits per heavy atom. The summed E-state index contributed by atoms with van der Waals surface area (Å²) in [5.41, 5.74) is 11.9. The van der Waals surface area contributed by atoms with E-state index in [1.165, 1.54) is 0 Å². The van der Waals surface area contributed by atoms with Gasteiger partial charge >= 0.3 is 0 Å². The molecule has 0 spiro atoms. The third-order valence-corrected chi connectivity index (χ3v) is 9.07. The molecule has 0 N–H and O–H groups in total. The second kappa shape index (κ2) is 12.8. The molecule has 6 nitrogen and oxygen atoms in total. The zero-order valence-electron chi connectivity index (χ0n) is 27.8. The lowest BCUT2D eigenvalue weighted by Crippen LogP contribution is -2.00. The number of nitrogens with zero attached hydrogens (tertiary/aromatic N) is 6. The van der Waals surface area contributed by atoms with Crippen molar-refractivity contribution < 1.29 is 0 Å². The monoisotopic (exact) mass is 654 g/mol. The SMILES string of the molecule is Cc1cc(-c2cccc(-c3ccc(-c4nc(-c5ccccc5)nc(-c5cccnc5)n4)cc3)c2)c2ccc3ccc(-c4ccccc4)nc3c2n1. The summed E-state index contributed by atoms with van der Waals surface area (Å²) < 4.78 is 0. The molecule has 0 saturated heterocycles. The number of hydrogen-bond acceptors (Lipinski definition) is 6. The molecule has 4 aromatic heterocycles. The molecular weight excluding hydrogens is 625 g/mol. The quantitative estimate of drug-likeness (QED) is 0.166. The Morgan fingerprint density at radius 3 is 1.73 bits per heavy atom. The summed E-state index contributed by atoms with van der Waals surface area (Å²) in [6, 6.07) is 51.9. The molecule has 0 radical (unpaired) electrons. The van der Waals surface area contributed by atoms with Crippen LogP contribution in [-0.2, 0) is 0 Å². The topological polar surface area (TPSA) is 77.3 Å². The third kappa shape index (κ3) is 5.89. The van der Waals surface area contributed by atoms with Gasteiger partial charge in [-0.25, -0.2) is 19.9 Å². The fraction of sp³-hybridized carbons (Fsp3) is 0.0222. The molecule has 0 atom stereocenters. The largest absolute Gasteiger partial charge is 0.264 e. The molecule has 0 saturated carbocycles. The predicted octanol–water partition coefficient (Wildman–Crippen LogP) is 10.7. The van der Waals surface area contributed by atoms with Crippen LogP contribution < -0.4 is 0 Å². The van der Waals surface area contributed by atoms with Crippen LogP contribution in [0.4, 0.5) is 0 Å². The fourth-order valence-electron chi connectivity index (χ4n) is 6.53. The number of benzene rings is 5. The van der Waals surface area contributed by atoms with Crippen LogP contribution in [0.3, 0.4) is 0 Å². The first-order valence-corrected chi connectivity index (χ1v) is 16.9. The normalized spacial score (nSPS) is 11.2. The van der Waals surface area contributed by atoms with Gasteiger partial charge in [-0.15, -0.1) is 0 Å². The summed E-state index contributed by atoms with van der Waals surface area (Å²) in [5.74, 6) is 1.82. The van der Waals surface area contributed by atoms with E-state index >= 15 is 0 Å². The van der Waals surface area contributed by atoms with Gasteiger partial charge in [-0.05, 0) is 59.5 Å². The Balaban J connectivity index is 1.09. The number of aryl methyl sites for hydroxylation is 1. The summed E-state index contributed by atoms with van der Waals surface area (Å²) in [4.78, 5) is 29.0. The molecule has 9 rings (SSSR count). The third-order valence-electron chi connectivity index (χ3n) is 9.07. The van der Waals surface area contributed by atoms with E-state index in [0.29, 0.717) is 17.5 Å². The number of pyridine rings is 3. The number of fused-ring (bicyclic) bond motifs is 3. The van der Waals surface area contributed by atoms with E-state index in [1.54, 1.807) is 12.4 Å². The Kier molecular flexibility index (Phi) is 7.59. The molecule has 0 bridgehead atoms. The minimum absolute atomic E-state index is 0.586. The van der Waals surface area contributed by atoms with Gasteiger partial charge in [-0.2, -0.15) is 0 Å².